The van der Waals surface area contributed by atoms with Gasteiger partial charge in [-0.05, 0) is 43.5 Å². The maximum absolute atomic E-state index is 12.6. The molecule has 3 rings (SSSR count). The predicted molar refractivity (Wildman–Crippen MR) is 88.1 cm³/mol. The van der Waals surface area contributed by atoms with E-state index < -0.39 is 11.7 Å². The van der Waals surface area contributed by atoms with Crippen LogP contribution in [0.5, 0.6) is 0 Å². The third-order valence-electron chi connectivity index (χ3n) is 4.28. The number of halogens is 3. The van der Waals surface area contributed by atoms with Gasteiger partial charge in [0.25, 0.3) is 0 Å². The molecular weight excluding hydrogens is 347 g/mol. The highest BCUT2D eigenvalue weighted by atomic mass is 19.4. The van der Waals surface area contributed by atoms with Gasteiger partial charge in [0, 0.05) is 19.2 Å². The Hall–Kier alpha value is -2.64. The van der Waals surface area contributed by atoms with Gasteiger partial charge in [-0.2, -0.15) is 18.2 Å². The molecule has 5 nitrogen and oxygen atoms in total. The van der Waals surface area contributed by atoms with Crippen LogP contribution < -0.4 is 0 Å². The van der Waals surface area contributed by atoms with Gasteiger partial charge >= 0.3 is 6.18 Å². The third kappa shape index (κ3) is 4.30. The number of hydrogen-bond donors (Lipinski definition) is 0. The molecule has 1 aliphatic heterocycles. The lowest BCUT2D eigenvalue weighted by atomic mass is 9.98. The molecule has 2 heterocycles. The molecule has 0 bridgehead atoms. The zero-order valence-corrected chi connectivity index (χ0v) is 14.2. The van der Waals surface area contributed by atoms with Crippen LogP contribution in [0.1, 0.15) is 41.6 Å². The first kappa shape index (κ1) is 18.2. The van der Waals surface area contributed by atoms with Crippen molar-refractivity contribution < 1.29 is 22.5 Å². The number of alkyl halides is 3. The second-order valence-electron chi connectivity index (χ2n) is 6.26. The fourth-order valence-electron chi connectivity index (χ4n) is 2.91. The van der Waals surface area contributed by atoms with E-state index in [1.807, 2.05) is 0 Å². The Morgan fingerprint density at radius 2 is 2.04 bits per heavy atom. The van der Waals surface area contributed by atoms with Gasteiger partial charge in [-0.1, -0.05) is 17.3 Å². The van der Waals surface area contributed by atoms with Gasteiger partial charge in [0.2, 0.25) is 11.8 Å². The number of piperidine rings is 1. The number of likely N-dealkylation sites (tertiary alicyclic amines) is 1. The summed E-state index contributed by atoms with van der Waals surface area (Å²) < 4.78 is 42.9. The van der Waals surface area contributed by atoms with E-state index in [1.54, 1.807) is 11.8 Å². The van der Waals surface area contributed by atoms with Gasteiger partial charge in [-0.3, -0.25) is 4.79 Å². The predicted octanol–water partition coefficient (Wildman–Crippen LogP) is 3.82. The van der Waals surface area contributed by atoms with Gasteiger partial charge < -0.3 is 9.42 Å². The van der Waals surface area contributed by atoms with Crippen LogP contribution in [0.25, 0.3) is 6.08 Å². The minimum absolute atomic E-state index is 0.00775. The van der Waals surface area contributed by atoms with Gasteiger partial charge in [-0.25, -0.2) is 0 Å². The fourth-order valence-corrected chi connectivity index (χ4v) is 2.91. The minimum Gasteiger partial charge on any atom is -0.339 e. The first-order chi connectivity index (χ1) is 12.3. The molecule has 1 aromatic carbocycles. The average molecular weight is 365 g/mol. The summed E-state index contributed by atoms with van der Waals surface area (Å²) in [6, 6.07) is 4.68. The van der Waals surface area contributed by atoms with Crippen LogP contribution in [0.3, 0.4) is 0 Å². The molecule has 0 spiro atoms. The summed E-state index contributed by atoms with van der Waals surface area (Å²) in [4.78, 5) is 18.3. The van der Waals surface area contributed by atoms with E-state index in [-0.39, 0.29) is 11.8 Å². The summed E-state index contributed by atoms with van der Waals surface area (Å²) in [5.41, 5.74) is -0.179. The minimum atomic E-state index is -4.37. The maximum atomic E-state index is 12.6. The molecule has 2 aromatic rings. The summed E-state index contributed by atoms with van der Waals surface area (Å²) >= 11 is 0. The zero-order valence-electron chi connectivity index (χ0n) is 14.2. The van der Waals surface area contributed by atoms with Crippen molar-refractivity contribution in [3.63, 3.8) is 0 Å². The van der Waals surface area contributed by atoms with Crippen molar-refractivity contribution in [3.8, 4) is 0 Å². The van der Waals surface area contributed by atoms with Gasteiger partial charge in [0.15, 0.2) is 5.82 Å². The monoisotopic (exact) mass is 365 g/mol. The first-order valence-electron chi connectivity index (χ1n) is 8.27. The van der Waals surface area contributed by atoms with E-state index in [2.05, 4.69) is 10.1 Å². The molecule has 1 atom stereocenters. The molecule has 0 saturated carbocycles. The average Bonchev–Trinajstić information content (AvgIpc) is 3.06. The molecular formula is C18H18F3N3O2. The van der Waals surface area contributed by atoms with Crippen LogP contribution >= 0.6 is 0 Å². The highest BCUT2D eigenvalue weighted by Gasteiger charge is 2.30. The van der Waals surface area contributed by atoms with E-state index >= 15 is 0 Å². The molecule has 138 valence electrons. The van der Waals surface area contributed by atoms with E-state index in [1.165, 1.54) is 24.3 Å². The van der Waals surface area contributed by atoms with Crippen LogP contribution in [0.2, 0.25) is 0 Å². The molecule has 0 aliphatic carbocycles. The second kappa shape index (κ2) is 7.31. The van der Waals surface area contributed by atoms with E-state index in [0.29, 0.717) is 30.4 Å². The molecule has 1 saturated heterocycles. The number of nitrogens with zero attached hydrogens (tertiary/aromatic N) is 3. The number of amides is 1. The molecule has 1 amide bonds. The molecule has 8 heteroatoms. The highest BCUT2D eigenvalue weighted by molar-refractivity contribution is 5.91. The Morgan fingerprint density at radius 1 is 1.31 bits per heavy atom. The van der Waals surface area contributed by atoms with E-state index in [4.69, 9.17) is 4.52 Å². The van der Waals surface area contributed by atoms with Crippen molar-refractivity contribution in [1.82, 2.24) is 15.0 Å². The number of carbonyl (C=O) groups is 1. The lowest BCUT2D eigenvalue weighted by Gasteiger charge is -2.30. The Balaban J connectivity index is 1.62. The topological polar surface area (TPSA) is 59.2 Å². The molecule has 1 fully saturated rings. The summed E-state index contributed by atoms with van der Waals surface area (Å²) in [6.07, 6.45) is 0.223. The van der Waals surface area contributed by atoms with Crippen molar-refractivity contribution in [1.29, 1.82) is 0 Å². The summed E-state index contributed by atoms with van der Waals surface area (Å²) in [6.45, 7) is 2.85. The van der Waals surface area contributed by atoms with Gasteiger partial charge in [-0.15, -0.1) is 0 Å². The second-order valence-corrected chi connectivity index (χ2v) is 6.26. The van der Waals surface area contributed by atoms with Crippen molar-refractivity contribution in [2.75, 3.05) is 13.1 Å². The number of aromatic nitrogens is 2. The standard InChI is InChI=1S/C18H18F3N3O2/c1-12-22-17(26-23-12)14-3-2-10-24(11-14)16(25)9-6-13-4-7-15(8-5-13)18(19,20)21/h4-9,14H,2-3,10-11H2,1H3/b9-6+. The third-order valence-corrected chi connectivity index (χ3v) is 4.28. The van der Waals surface area contributed by atoms with Crippen molar-refractivity contribution in [2.24, 2.45) is 0 Å². The summed E-state index contributed by atoms with van der Waals surface area (Å²) in [5.74, 6) is 0.913. The van der Waals surface area contributed by atoms with Crippen molar-refractivity contribution in [2.45, 2.75) is 31.9 Å². The van der Waals surface area contributed by atoms with E-state index in [0.717, 1.165) is 25.0 Å². The summed E-state index contributed by atoms with van der Waals surface area (Å²) in [7, 11) is 0. The normalized spacial score (nSPS) is 18.5. The molecule has 1 aliphatic rings. The number of carbonyl (C=O) groups excluding carboxylic acids is 1. The largest absolute Gasteiger partial charge is 0.416 e. The number of hydrogen-bond acceptors (Lipinski definition) is 4. The van der Waals surface area contributed by atoms with Gasteiger partial charge in [0.1, 0.15) is 0 Å². The lowest BCUT2D eigenvalue weighted by Crippen LogP contribution is -2.38. The van der Waals surface area contributed by atoms with Crippen molar-refractivity contribution >= 4 is 12.0 Å². The molecule has 1 aromatic heterocycles. The zero-order chi connectivity index (χ0) is 18.7. The number of benzene rings is 1. The highest BCUT2D eigenvalue weighted by Crippen LogP contribution is 2.29. The fraction of sp³-hybridized carbons (Fsp3) is 0.389. The van der Waals surface area contributed by atoms with E-state index in [9.17, 15) is 18.0 Å². The summed E-state index contributed by atoms with van der Waals surface area (Å²) in [5, 5.41) is 3.78. The smallest absolute Gasteiger partial charge is 0.339 e. The van der Waals surface area contributed by atoms with Gasteiger partial charge in [0.05, 0.1) is 11.5 Å². The molecule has 26 heavy (non-hydrogen) atoms. The van der Waals surface area contributed by atoms with Crippen molar-refractivity contribution in [3.05, 3.63) is 53.2 Å². The Morgan fingerprint density at radius 3 is 2.65 bits per heavy atom. The quantitative estimate of drug-likeness (QED) is 0.776. The SMILES string of the molecule is Cc1noc(C2CCCN(C(=O)/C=C/c3ccc(C(F)(F)F)cc3)C2)n1. The molecule has 1 unspecified atom stereocenters. The molecule has 0 N–H and O–H groups in total. The maximum Gasteiger partial charge on any atom is 0.416 e. The van der Waals surface area contributed by atoms with Crippen LogP contribution in [-0.2, 0) is 11.0 Å². The Bertz CT molecular complexity index is 797. The number of rotatable bonds is 3. The lowest BCUT2D eigenvalue weighted by molar-refractivity contribution is -0.137. The van der Waals surface area contributed by atoms with Crippen LogP contribution in [0.4, 0.5) is 13.2 Å². The Kier molecular flexibility index (Phi) is 5.11. The van der Waals surface area contributed by atoms with Crippen LogP contribution in [-0.4, -0.2) is 34.0 Å². The Labute approximate surface area is 148 Å². The van der Waals surface area contributed by atoms with Crippen LogP contribution in [0.15, 0.2) is 34.9 Å². The number of aryl methyl sites for hydroxylation is 1. The van der Waals surface area contributed by atoms with Crippen LogP contribution in [0, 0.1) is 6.92 Å². The first-order valence-corrected chi connectivity index (χ1v) is 8.27. The molecule has 0 radical (unpaired) electrons.